The van der Waals surface area contributed by atoms with Gasteiger partial charge in [0.25, 0.3) is 11.8 Å². The predicted octanol–water partition coefficient (Wildman–Crippen LogP) is 3.19. The molecule has 0 unspecified atom stereocenters. The van der Waals surface area contributed by atoms with Crippen LogP contribution in [0.4, 0.5) is 0 Å². The SMILES string of the molecule is O=C(N[C@@H](c1ccccc1)[C@@H](O)C(=O)N[C@@H](C/C=C/c1ccccc1)C(=O)O)c1ccccc1. The number of carboxylic acids is 1. The molecule has 0 aliphatic heterocycles. The maximum atomic E-state index is 12.8. The third kappa shape index (κ3) is 6.88. The molecule has 174 valence electrons. The highest BCUT2D eigenvalue weighted by Gasteiger charge is 2.31. The Morgan fingerprint density at radius 2 is 1.35 bits per heavy atom. The first-order chi connectivity index (χ1) is 16.5. The van der Waals surface area contributed by atoms with Gasteiger partial charge in [-0.2, -0.15) is 0 Å². The number of amides is 2. The van der Waals surface area contributed by atoms with Crippen LogP contribution in [-0.2, 0) is 9.59 Å². The van der Waals surface area contributed by atoms with Crippen LogP contribution in [0.5, 0.6) is 0 Å². The molecule has 2 amide bonds. The zero-order valence-electron chi connectivity index (χ0n) is 18.4. The van der Waals surface area contributed by atoms with Crippen molar-refractivity contribution in [3.63, 3.8) is 0 Å². The second-order valence-electron chi connectivity index (χ2n) is 7.62. The molecule has 0 saturated heterocycles. The Morgan fingerprint density at radius 3 is 1.94 bits per heavy atom. The van der Waals surface area contributed by atoms with E-state index in [4.69, 9.17) is 0 Å². The van der Waals surface area contributed by atoms with Crippen LogP contribution in [0.15, 0.2) is 97.1 Å². The molecule has 3 aromatic carbocycles. The summed E-state index contributed by atoms with van der Waals surface area (Å²) in [6.45, 7) is 0. The maximum Gasteiger partial charge on any atom is 0.326 e. The lowest BCUT2D eigenvalue weighted by Crippen LogP contribution is -2.50. The van der Waals surface area contributed by atoms with Crippen LogP contribution in [0.2, 0.25) is 0 Å². The topological polar surface area (TPSA) is 116 Å². The minimum absolute atomic E-state index is 0.0229. The molecule has 3 rings (SSSR count). The smallest absolute Gasteiger partial charge is 0.326 e. The van der Waals surface area contributed by atoms with E-state index in [1.807, 2.05) is 30.3 Å². The zero-order chi connectivity index (χ0) is 24.3. The first-order valence-electron chi connectivity index (χ1n) is 10.8. The van der Waals surface area contributed by atoms with Crippen LogP contribution in [0.3, 0.4) is 0 Å². The Labute approximate surface area is 197 Å². The summed E-state index contributed by atoms with van der Waals surface area (Å²) in [6, 6.07) is 24.0. The number of benzene rings is 3. The molecule has 0 aliphatic carbocycles. The Hall–Kier alpha value is -4.23. The van der Waals surface area contributed by atoms with Gasteiger partial charge in [-0.25, -0.2) is 4.79 Å². The molecule has 7 nitrogen and oxygen atoms in total. The number of aliphatic carboxylic acids is 1. The van der Waals surface area contributed by atoms with E-state index in [9.17, 15) is 24.6 Å². The summed E-state index contributed by atoms with van der Waals surface area (Å²) < 4.78 is 0. The van der Waals surface area contributed by atoms with Crippen LogP contribution in [0.25, 0.3) is 6.08 Å². The zero-order valence-corrected chi connectivity index (χ0v) is 18.4. The second-order valence-corrected chi connectivity index (χ2v) is 7.62. The number of rotatable bonds is 10. The van der Waals surface area contributed by atoms with Gasteiger partial charge in [-0.05, 0) is 29.7 Å². The highest BCUT2D eigenvalue weighted by atomic mass is 16.4. The summed E-state index contributed by atoms with van der Waals surface area (Å²) in [6.07, 6.45) is 1.71. The number of carboxylic acid groups (broad SMARTS) is 1. The standard InChI is InChI=1S/C27H26N2O5/c30-24(26(32)28-22(27(33)34)18-10-13-19-11-4-1-5-12-19)23(20-14-6-2-7-15-20)29-25(31)21-16-8-3-9-17-21/h1-17,22-24,30H,18H2,(H,28,32)(H,29,31)(H,33,34)/b13-10+/t22-,23-,24+/m0/s1. The maximum absolute atomic E-state index is 12.8. The number of nitrogens with one attached hydrogen (secondary N) is 2. The number of aliphatic hydroxyl groups excluding tert-OH is 1. The van der Waals surface area contributed by atoms with Crippen LogP contribution in [-0.4, -0.2) is 40.1 Å². The number of carbonyl (C=O) groups is 3. The minimum Gasteiger partial charge on any atom is -0.480 e. The van der Waals surface area contributed by atoms with Crippen molar-refractivity contribution < 1.29 is 24.6 Å². The molecule has 3 atom stereocenters. The molecule has 0 heterocycles. The molecule has 34 heavy (non-hydrogen) atoms. The predicted molar refractivity (Wildman–Crippen MR) is 129 cm³/mol. The monoisotopic (exact) mass is 458 g/mol. The number of hydrogen-bond acceptors (Lipinski definition) is 4. The van der Waals surface area contributed by atoms with Gasteiger partial charge < -0.3 is 20.8 Å². The highest BCUT2D eigenvalue weighted by Crippen LogP contribution is 2.19. The van der Waals surface area contributed by atoms with Crippen LogP contribution in [0, 0.1) is 0 Å². The molecule has 7 heteroatoms. The number of carbonyl (C=O) groups excluding carboxylic acids is 2. The van der Waals surface area contributed by atoms with E-state index in [1.54, 1.807) is 72.8 Å². The van der Waals surface area contributed by atoms with E-state index in [1.165, 1.54) is 0 Å². The molecule has 0 radical (unpaired) electrons. The van der Waals surface area contributed by atoms with Crippen molar-refractivity contribution in [1.82, 2.24) is 10.6 Å². The van der Waals surface area contributed by atoms with Crippen LogP contribution >= 0.6 is 0 Å². The number of aliphatic hydroxyl groups is 1. The molecule has 0 bridgehead atoms. The van der Waals surface area contributed by atoms with Crippen molar-refractivity contribution in [2.75, 3.05) is 0 Å². The molecule has 0 aliphatic rings. The van der Waals surface area contributed by atoms with E-state index in [0.29, 0.717) is 11.1 Å². The quantitative estimate of drug-likeness (QED) is 0.372. The fraction of sp³-hybridized carbons (Fsp3) is 0.148. The van der Waals surface area contributed by atoms with E-state index < -0.39 is 36.0 Å². The summed E-state index contributed by atoms with van der Waals surface area (Å²) >= 11 is 0. The molecule has 0 aromatic heterocycles. The third-order valence-corrected chi connectivity index (χ3v) is 5.16. The largest absolute Gasteiger partial charge is 0.480 e. The lowest BCUT2D eigenvalue weighted by molar-refractivity contribution is -0.143. The summed E-state index contributed by atoms with van der Waals surface area (Å²) in [7, 11) is 0. The van der Waals surface area contributed by atoms with Gasteiger partial charge in [-0.1, -0.05) is 91.0 Å². The van der Waals surface area contributed by atoms with Crippen molar-refractivity contribution >= 4 is 23.9 Å². The molecular formula is C27H26N2O5. The lowest BCUT2D eigenvalue weighted by Gasteiger charge is -2.25. The first-order valence-corrected chi connectivity index (χ1v) is 10.8. The van der Waals surface area contributed by atoms with E-state index in [-0.39, 0.29) is 6.42 Å². The molecule has 3 aromatic rings. The summed E-state index contributed by atoms with van der Waals surface area (Å²) in [5, 5.41) is 25.4. The van der Waals surface area contributed by atoms with Gasteiger partial charge in [0, 0.05) is 5.56 Å². The summed E-state index contributed by atoms with van der Waals surface area (Å²) in [5.74, 6) is -2.60. The molecular weight excluding hydrogens is 432 g/mol. The van der Waals surface area contributed by atoms with Gasteiger partial charge in [0.1, 0.15) is 6.04 Å². The van der Waals surface area contributed by atoms with Gasteiger partial charge >= 0.3 is 5.97 Å². The molecule has 0 spiro atoms. The van der Waals surface area contributed by atoms with E-state index in [0.717, 1.165) is 5.56 Å². The van der Waals surface area contributed by atoms with Crippen molar-refractivity contribution in [2.24, 2.45) is 0 Å². The Morgan fingerprint density at radius 1 is 0.794 bits per heavy atom. The molecule has 0 saturated carbocycles. The second kappa shape index (κ2) is 12.1. The van der Waals surface area contributed by atoms with Crippen LogP contribution in [0.1, 0.15) is 33.9 Å². The Bertz CT molecular complexity index is 1120. The Balaban J connectivity index is 1.73. The van der Waals surface area contributed by atoms with E-state index >= 15 is 0 Å². The van der Waals surface area contributed by atoms with Crippen molar-refractivity contribution in [2.45, 2.75) is 24.6 Å². The highest BCUT2D eigenvalue weighted by molar-refractivity contribution is 5.95. The first kappa shape index (κ1) is 24.4. The normalized spacial score (nSPS) is 13.6. The van der Waals surface area contributed by atoms with Crippen LogP contribution < -0.4 is 10.6 Å². The average Bonchev–Trinajstić information content (AvgIpc) is 2.87. The summed E-state index contributed by atoms with van der Waals surface area (Å²) in [5.41, 5.74) is 1.77. The average molecular weight is 459 g/mol. The number of hydrogen-bond donors (Lipinski definition) is 4. The van der Waals surface area contributed by atoms with Gasteiger partial charge in [0.2, 0.25) is 0 Å². The van der Waals surface area contributed by atoms with Gasteiger partial charge in [0.15, 0.2) is 6.10 Å². The third-order valence-electron chi connectivity index (χ3n) is 5.16. The minimum atomic E-state index is -1.71. The Kier molecular flexibility index (Phi) is 8.71. The van der Waals surface area contributed by atoms with Gasteiger partial charge in [-0.15, -0.1) is 0 Å². The lowest BCUT2D eigenvalue weighted by atomic mass is 9.99. The van der Waals surface area contributed by atoms with E-state index in [2.05, 4.69) is 10.6 Å². The van der Waals surface area contributed by atoms with Crippen molar-refractivity contribution in [3.8, 4) is 0 Å². The molecule has 0 fully saturated rings. The van der Waals surface area contributed by atoms with Crippen molar-refractivity contribution in [3.05, 3.63) is 114 Å². The van der Waals surface area contributed by atoms with Gasteiger partial charge in [-0.3, -0.25) is 9.59 Å². The van der Waals surface area contributed by atoms with Gasteiger partial charge in [0.05, 0.1) is 6.04 Å². The fourth-order valence-corrected chi connectivity index (χ4v) is 3.35. The summed E-state index contributed by atoms with van der Waals surface area (Å²) in [4.78, 5) is 37.2. The molecule has 4 N–H and O–H groups in total. The fourth-order valence-electron chi connectivity index (χ4n) is 3.35. The van der Waals surface area contributed by atoms with Crippen molar-refractivity contribution in [1.29, 1.82) is 0 Å².